The predicted molar refractivity (Wildman–Crippen MR) is 121 cm³/mol. The van der Waals surface area contributed by atoms with E-state index in [1.165, 1.54) is 27.6 Å². The molecule has 4 nitrogen and oxygen atoms in total. The van der Waals surface area contributed by atoms with Gasteiger partial charge in [0, 0.05) is 35.5 Å². The van der Waals surface area contributed by atoms with Gasteiger partial charge in [-0.3, -0.25) is 0 Å². The van der Waals surface area contributed by atoms with Gasteiger partial charge in [0.25, 0.3) is 0 Å². The van der Waals surface area contributed by atoms with Crippen molar-refractivity contribution in [3.8, 4) is 11.5 Å². The number of H-pyrrole nitrogens is 1. The summed E-state index contributed by atoms with van der Waals surface area (Å²) in [5.41, 5.74) is 5.10. The van der Waals surface area contributed by atoms with E-state index in [2.05, 4.69) is 77.2 Å². The molecule has 3 aromatic carbocycles. The highest BCUT2D eigenvalue weighted by atomic mass is 16.5. The quantitative estimate of drug-likeness (QED) is 0.393. The van der Waals surface area contributed by atoms with Crippen LogP contribution in [0.3, 0.4) is 0 Å². The van der Waals surface area contributed by atoms with E-state index in [0.29, 0.717) is 6.61 Å². The van der Waals surface area contributed by atoms with E-state index >= 15 is 0 Å². The number of ether oxygens (including phenoxy) is 2. The third-order valence-electron chi connectivity index (χ3n) is 5.39. The fourth-order valence-corrected chi connectivity index (χ4v) is 3.75. The number of benzene rings is 3. The molecule has 1 heterocycles. The monoisotopic (exact) mass is 401 g/mol. The van der Waals surface area contributed by atoms with Crippen LogP contribution in [0, 0.1) is 0 Å². The normalized spacial score (nSPS) is 11.0. The minimum absolute atomic E-state index is 0.635. The minimum atomic E-state index is 0.635. The van der Waals surface area contributed by atoms with Crippen LogP contribution in [0.1, 0.15) is 16.7 Å². The van der Waals surface area contributed by atoms with Crippen LogP contribution in [0.2, 0.25) is 0 Å². The number of hydrogen-bond donors (Lipinski definition) is 2. The summed E-state index contributed by atoms with van der Waals surface area (Å²) in [6.07, 6.45) is 4.05. The van der Waals surface area contributed by atoms with Crippen LogP contribution in [0.5, 0.6) is 11.5 Å². The summed E-state index contributed by atoms with van der Waals surface area (Å²) in [4.78, 5) is 3.35. The zero-order valence-corrected chi connectivity index (χ0v) is 17.4. The predicted octanol–water partition coefficient (Wildman–Crippen LogP) is 4.10. The van der Waals surface area contributed by atoms with Crippen LogP contribution in [-0.4, -0.2) is 25.2 Å². The first-order valence-corrected chi connectivity index (χ1v) is 10.5. The first-order valence-electron chi connectivity index (χ1n) is 10.5. The zero-order valence-electron chi connectivity index (χ0n) is 17.4. The summed E-state index contributed by atoms with van der Waals surface area (Å²) in [5, 5.41) is 3.66. The Kier molecular flexibility index (Phi) is 6.68. The van der Waals surface area contributed by atoms with Gasteiger partial charge in [-0.15, -0.1) is 0 Å². The second-order valence-electron chi connectivity index (χ2n) is 7.46. The van der Waals surface area contributed by atoms with Crippen LogP contribution in [0.25, 0.3) is 10.9 Å². The van der Waals surface area contributed by atoms with Gasteiger partial charge in [0.15, 0.2) is 11.5 Å². The lowest BCUT2D eigenvalue weighted by Gasteiger charge is -2.12. The van der Waals surface area contributed by atoms with E-state index in [1.54, 1.807) is 7.11 Å². The molecule has 3 N–H and O–H groups in total. The van der Waals surface area contributed by atoms with Crippen LogP contribution < -0.4 is 14.8 Å². The Morgan fingerprint density at radius 2 is 1.67 bits per heavy atom. The summed E-state index contributed by atoms with van der Waals surface area (Å²) in [6.45, 7) is 2.60. The Labute approximate surface area is 177 Å². The van der Waals surface area contributed by atoms with Crippen molar-refractivity contribution >= 4 is 10.9 Å². The maximum absolute atomic E-state index is 5.96. The van der Waals surface area contributed by atoms with Crippen molar-refractivity contribution in [1.29, 1.82) is 0 Å². The van der Waals surface area contributed by atoms with Crippen molar-refractivity contribution in [3.05, 3.63) is 95.7 Å². The number of hydrogen-bond acceptors (Lipinski definition) is 2. The molecule has 4 rings (SSSR count). The molecular formula is C26H29N2O2+. The van der Waals surface area contributed by atoms with Gasteiger partial charge in [-0.05, 0) is 35.4 Å². The lowest BCUT2D eigenvalue weighted by atomic mass is 10.1. The van der Waals surface area contributed by atoms with Gasteiger partial charge < -0.3 is 19.8 Å². The number of quaternary nitrogens is 1. The molecule has 4 heteroatoms. The van der Waals surface area contributed by atoms with Gasteiger partial charge in [0.2, 0.25) is 0 Å². The van der Waals surface area contributed by atoms with Crippen LogP contribution in [0.4, 0.5) is 0 Å². The maximum Gasteiger partial charge on any atom is 0.161 e. The molecule has 0 amide bonds. The second-order valence-corrected chi connectivity index (χ2v) is 7.46. The van der Waals surface area contributed by atoms with Crippen LogP contribution >= 0.6 is 0 Å². The Bertz CT molecular complexity index is 1070. The Morgan fingerprint density at radius 1 is 0.833 bits per heavy atom. The van der Waals surface area contributed by atoms with Gasteiger partial charge in [0.05, 0.1) is 20.3 Å². The van der Waals surface area contributed by atoms with Gasteiger partial charge in [-0.1, -0.05) is 48.5 Å². The smallest absolute Gasteiger partial charge is 0.161 e. The number of rotatable bonds is 10. The molecule has 0 bridgehead atoms. The largest absolute Gasteiger partial charge is 0.493 e. The molecule has 0 aliphatic rings. The highest BCUT2D eigenvalue weighted by Gasteiger charge is 2.08. The maximum atomic E-state index is 5.96. The zero-order chi connectivity index (χ0) is 20.6. The molecular weight excluding hydrogens is 372 g/mol. The van der Waals surface area contributed by atoms with Gasteiger partial charge in [-0.25, -0.2) is 0 Å². The van der Waals surface area contributed by atoms with Crippen molar-refractivity contribution in [2.45, 2.75) is 19.4 Å². The Hall–Kier alpha value is -3.24. The number of para-hydroxylation sites is 1. The first-order chi connectivity index (χ1) is 14.8. The summed E-state index contributed by atoms with van der Waals surface area (Å²) in [7, 11) is 1.70. The fraction of sp³-hybridized carbons (Fsp3) is 0.231. The average Bonchev–Trinajstić information content (AvgIpc) is 3.21. The molecule has 30 heavy (non-hydrogen) atoms. The van der Waals surface area contributed by atoms with Gasteiger partial charge in [0.1, 0.15) is 6.54 Å². The number of aromatic nitrogens is 1. The highest BCUT2D eigenvalue weighted by Crippen LogP contribution is 2.28. The van der Waals surface area contributed by atoms with E-state index in [0.717, 1.165) is 37.4 Å². The van der Waals surface area contributed by atoms with Crippen molar-refractivity contribution in [2.75, 3.05) is 20.3 Å². The van der Waals surface area contributed by atoms with E-state index in [-0.39, 0.29) is 0 Å². The van der Waals surface area contributed by atoms with Crippen LogP contribution in [-0.2, 0) is 19.4 Å². The third-order valence-corrected chi connectivity index (χ3v) is 5.39. The number of fused-ring (bicyclic) bond motifs is 1. The van der Waals surface area contributed by atoms with Crippen molar-refractivity contribution in [1.82, 2.24) is 4.98 Å². The molecule has 0 atom stereocenters. The highest BCUT2D eigenvalue weighted by molar-refractivity contribution is 5.83. The number of aromatic amines is 1. The summed E-state index contributed by atoms with van der Waals surface area (Å²) in [5.74, 6) is 1.60. The molecule has 0 unspecified atom stereocenters. The van der Waals surface area contributed by atoms with E-state index < -0.39 is 0 Å². The molecule has 0 saturated heterocycles. The molecule has 0 spiro atoms. The lowest BCUT2D eigenvalue weighted by molar-refractivity contribution is -0.670. The van der Waals surface area contributed by atoms with E-state index in [1.807, 2.05) is 12.1 Å². The fourth-order valence-electron chi connectivity index (χ4n) is 3.75. The van der Waals surface area contributed by atoms with E-state index in [4.69, 9.17) is 9.47 Å². The third kappa shape index (κ3) is 5.02. The van der Waals surface area contributed by atoms with Crippen LogP contribution in [0.15, 0.2) is 79.0 Å². The lowest BCUT2D eigenvalue weighted by Crippen LogP contribution is -2.83. The Balaban J connectivity index is 1.27. The number of methoxy groups -OCH3 is 1. The minimum Gasteiger partial charge on any atom is -0.493 e. The summed E-state index contributed by atoms with van der Waals surface area (Å²) >= 11 is 0. The molecule has 0 aliphatic carbocycles. The molecule has 0 saturated carbocycles. The van der Waals surface area contributed by atoms with Crippen molar-refractivity contribution < 1.29 is 14.8 Å². The van der Waals surface area contributed by atoms with Gasteiger partial charge in [-0.2, -0.15) is 0 Å². The molecule has 1 aromatic heterocycles. The van der Waals surface area contributed by atoms with Crippen molar-refractivity contribution in [2.24, 2.45) is 0 Å². The van der Waals surface area contributed by atoms with E-state index in [9.17, 15) is 0 Å². The SMILES string of the molecule is COc1cc(C[NH2+]CCc2c[nH]c3ccccc23)ccc1OCCc1ccccc1. The van der Waals surface area contributed by atoms with Crippen molar-refractivity contribution in [3.63, 3.8) is 0 Å². The summed E-state index contributed by atoms with van der Waals surface area (Å²) < 4.78 is 11.5. The molecule has 154 valence electrons. The average molecular weight is 402 g/mol. The second kappa shape index (κ2) is 9.99. The number of nitrogens with two attached hydrogens (primary N) is 1. The summed E-state index contributed by atoms with van der Waals surface area (Å²) in [6, 6.07) is 25.1. The molecule has 4 aromatic rings. The topological polar surface area (TPSA) is 50.9 Å². The van der Waals surface area contributed by atoms with Gasteiger partial charge >= 0.3 is 0 Å². The first kappa shape index (κ1) is 20.0. The Morgan fingerprint density at radius 3 is 2.53 bits per heavy atom. The number of nitrogens with one attached hydrogen (secondary N) is 1. The standard InChI is InChI=1S/C26H28N2O2/c1-29-26-17-21(11-12-25(26)30-16-14-20-7-3-2-4-8-20)18-27-15-13-22-19-28-24-10-6-5-9-23(22)24/h2-12,17,19,27-28H,13-16,18H2,1H3/p+1. The molecule has 0 aliphatic heterocycles. The molecule has 0 fully saturated rings. The molecule has 0 radical (unpaired) electrons.